The van der Waals surface area contributed by atoms with Gasteiger partial charge in [0.2, 0.25) is 0 Å². The summed E-state index contributed by atoms with van der Waals surface area (Å²) in [6.07, 6.45) is 0.774. The minimum Gasteiger partial charge on any atom is -0.461 e. The molecule has 0 aromatic carbocycles. The molecule has 6 heteroatoms. The van der Waals surface area contributed by atoms with Crippen molar-refractivity contribution in [2.24, 2.45) is 0 Å². The van der Waals surface area contributed by atoms with Crippen molar-refractivity contribution in [3.63, 3.8) is 0 Å². The van der Waals surface area contributed by atoms with Crippen LogP contribution in [0.25, 0.3) is 0 Å². The van der Waals surface area contributed by atoms with Gasteiger partial charge in [-0.2, -0.15) is 0 Å². The van der Waals surface area contributed by atoms with Crippen molar-refractivity contribution in [1.29, 1.82) is 0 Å². The number of aromatic nitrogens is 2. The predicted octanol–water partition coefficient (Wildman–Crippen LogP) is 2.60. The quantitative estimate of drug-likeness (QED) is 0.602. The number of ether oxygens (including phenoxy) is 1. The first-order valence-corrected chi connectivity index (χ1v) is 9.90. The maximum absolute atomic E-state index is 11.7. The molecule has 4 nitrogen and oxygen atoms in total. The fourth-order valence-corrected chi connectivity index (χ4v) is 2.39. The highest BCUT2D eigenvalue weighted by Gasteiger charge is 2.18. The molecule has 0 aliphatic heterocycles. The highest BCUT2D eigenvalue weighted by Crippen LogP contribution is 2.13. The fraction of sp³-hybridized carbons (Fsp3) is 0.700. The summed E-state index contributed by atoms with van der Waals surface area (Å²) in [7, 11) is -1.14. The number of esters is 1. The van der Waals surface area contributed by atoms with Crippen molar-refractivity contribution in [1.82, 2.24) is 9.59 Å². The molecule has 0 fully saturated rings. The first kappa shape index (κ1) is 13.3. The van der Waals surface area contributed by atoms with E-state index in [1.54, 1.807) is 0 Å². The highest BCUT2D eigenvalue weighted by molar-refractivity contribution is 7.05. The highest BCUT2D eigenvalue weighted by atomic mass is 32.1. The maximum atomic E-state index is 11.7. The van der Waals surface area contributed by atoms with Crippen LogP contribution in [0.5, 0.6) is 0 Å². The molecule has 0 amide bonds. The molecule has 0 atom stereocenters. The average Bonchev–Trinajstić information content (AvgIpc) is 2.63. The number of rotatable bonds is 5. The van der Waals surface area contributed by atoms with Gasteiger partial charge in [-0.1, -0.05) is 31.1 Å². The molecule has 0 saturated carbocycles. The van der Waals surface area contributed by atoms with Gasteiger partial charge in [0.1, 0.15) is 0 Å². The predicted molar refractivity (Wildman–Crippen MR) is 67.7 cm³/mol. The van der Waals surface area contributed by atoms with E-state index in [1.165, 1.54) is 11.5 Å². The fourth-order valence-electron chi connectivity index (χ4n) is 1.11. The van der Waals surface area contributed by atoms with E-state index in [4.69, 9.17) is 4.74 Å². The number of nitrogens with zero attached hydrogens (tertiary/aromatic N) is 2. The summed E-state index contributed by atoms with van der Waals surface area (Å²) in [4.78, 5) is 12.6. The van der Waals surface area contributed by atoms with Crippen molar-refractivity contribution in [2.45, 2.75) is 39.0 Å². The number of carbonyl (C=O) groups excluding carboxylic acids is 1. The lowest BCUT2D eigenvalue weighted by Crippen LogP contribution is -2.23. The molecule has 90 valence electrons. The Morgan fingerprint density at radius 1 is 1.44 bits per heavy atom. The number of hydrogen-bond acceptors (Lipinski definition) is 5. The van der Waals surface area contributed by atoms with E-state index in [-0.39, 0.29) is 5.97 Å². The largest absolute Gasteiger partial charge is 0.461 e. The molecule has 0 bridgehead atoms. The molecular formula is C10H18N2O2SSi. The standard InChI is InChI=1S/C10H18N2O2SSi/c1-5-8-9(11-12-15-8)10(13)14-6-7-16(2,3)4/h5-7H2,1-4H3. The van der Waals surface area contributed by atoms with Gasteiger partial charge in [-0.15, -0.1) is 5.10 Å². The van der Waals surface area contributed by atoms with E-state index in [2.05, 4.69) is 29.2 Å². The Kier molecular flexibility index (Phi) is 4.61. The summed E-state index contributed by atoms with van der Waals surface area (Å²) >= 11 is 1.26. The Morgan fingerprint density at radius 2 is 2.12 bits per heavy atom. The molecule has 1 rings (SSSR count). The van der Waals surface area contributed by atoms with Gasteiger partial charge in [0.25, 0.3) is 0 Å². The van der Waals surface area contributed by atoms with Crippen LogP contribution in [0.2, 0.25) is 25.7 Å². The van der Waals surface area contributed by atoms with E-state index in [9.17, 15) is 4.79 Å². The zero-order valence-corrected chi connectivity index (χ0v) is 12.1. The van der Waals surface area contributed by atoms with Crippen LogP contribution in [-0.2, 0) is 11.2 Å². The van der Waals surface area contributed by atoms with Gasteiger partial charge in [-0.3, -0.25) is 0 Å². The lowest BCUT2D eigenvalue weighted by atomic mass is 10.3. The molecule has 1 heterocycles. The molecule has 1 aromatic heterocycles. The summed E-state index contributed by atoms with van der Waals surface area (Å²) < 4.78 is 8.98. The molecule has 16 heavy (non-hydrogen) atoms. The normalized spacial score (nSPS) is 11.5. The van der Waals surface area contributed by atoms with E-state index < -0.39 is 8.07 Å². The first-order valence-electron chi connectivity index (χ1n) is 5.42. The SMILES string of the molecule is CCc1snnc1C(=O)OCC[Si](C)(C)C. The lowest BCUT2D eigenvalue weighted by Gasteiger charge is -2.14. The number of carbonyl (C=O) groups is 1. The number of hydrogen-bond donors (Lipinski definition) is 0. The Morgan fingerprint density at radius 3 is 2.69 bits per heavy atom. The zero-order valence-electron chi connectivity index (χ0n) is 10.2. The molecule has 1 aromatic rings. The maximum Gasteiger partial charge on any atom is 0.360 e. The second-order valence-electron chi connectivity index (χ2n) is 4.84. The zero-order chi connectivity index (χ0) is 12.2. The van der Waals surface area contributed by atoms with E-state index in [0.717, 1.165) is 17.3 Å². The molecule has 0 radical (unpaired) electrons. The van der Waals surface area contributed by atoms with Gasteiger partial charge in [-0.05, 0) is 24.0 Å². The van der Waals surface area contributed by atoms with Crippen LogP contribution in [-0.4, -0.2) is 30.2 Å². The van der Waals surface area contributed by atoms with Crippen molar-refractivity contribution < 1.29 is 9.53 Å². The van der Waals surface area contributed by atoms with Crippen LogP contribution in [0.3, 0.4) is 0 Å². The summed E-state index contributed by atoms with van der Waals surface area (Å²) in [5.74, 6) is -0.330. The van der Waals surface area contributed by atoms with E-state index >= 15 is 0 Å². The van der Waals surface area contributed by atoms with E-state index in [1.807, 2.05) is 6.92 Å². The first-order chi connectivity index (χ1) is 7.44. The molecule has 0 saturated heterocycles. The molecule has 0 aliphatic rings. The van der Waals surface area contributed by atoms with Gasteiger partial charge in [-0.25, -0.2) is 4.79 Å². The number of aryl methyl sites for hydroxylation is 1. The van der Waals surface area contributed by atoms with Crippen LogP contribution < -0.4 is 0 Å². The van der Waals surface area contributed by atoms with Gasteiger partial charge in [0.15, 0.2) is 5.69 Å². The summed E-state index contributed by atoms with van der Waals surface area (Å²) in [5.41, 5.74) is 0.392. The molecule has 0 aliphatic carbocycles. The van der Waals surface area contributed by atoms with Crippen LogP contribution in [0.1, 0.15) is 22.3 Å². The van der Waals surface area contributed by atoms with E-state index in [0.29, 0.717) is 12.3 Å². The molecule has 0 unspecified atom stereocenters. The smallest absolute Gasteiger partial charge is 0.360 e. The average molecular weight is 258 g/mol. The molecule has 0 spiro atoms. The van der Waals surface area contributed by atoms with Crippen LogP contribution in [0.4, 0.5) is 0 Å². The Labute approximate surface area is 101 Å². The topological polar surface area (TPSA) is 52.1 Å². The second kappa shape index (κ2) is 5.54. The van der Waals surface area contributed by atoms with Gasteiger partial charge in [0.05, 0.1) is 11.5 Å². The van der Waals surface area contributed by atoms with Crippen molar-refractivity contribution in [3.8, 4) is 0 Å². The van der Waals surface area contributed by atoms with Gasteiger partial charge >= 0.3 is 5.97 Å². The third-order valence-electron chi connectivity index (χ3n) is 2.16. The third kappa shape index (κ3) is 4.01. The summed E-state index contributed by atoms with van der Waals surface area (Å²) in [6, 6.07) is 0.984. The van der Waals surface area contributed by atoms with Gasteiger partial charge < -0.3 is 4.74 Å². The monoisotopic (exact) mass is 258 g/mol. The van der Waals surface area contributed by atoms with Crippen LogP contribution in [0, 0.1) is 0 Å². The van der Waals surface area contributed by atoms with Crippen molar-refractivity contribution >= 4 is 25.6 Å². The lowest BCUT2D eigenvalue weighted by molar-refractivity contribution is 0.0517. The minimum atomic E-state index is -1.14. The second-order valence-corrected chi connectivity index (χ2v) is 11.3. The Bertz CT molecular complexity index is 360. The molecular weight excluding hydrogens is 240 g/mol. The Hall–Kier alpha value is -0.753. The third-order valence-corrected chi connectivity index (χ3v) is 4.73. The van der Waals surface area contributed by atoms with Gasteiger partial charge in [0, 0.05) is 8.07 Å². The van der Waals surface area contributed by atoms with Crippen molar-refractivity contribution in [2.75, 3.05) is 6.61 Å². The summed E-state index contributed by atoms with van der Waals surface area (Å²) in [5, 5.41) is 3.81. The molecule has 0 N–H and O–H groups in total. The minimum absolute atomic E-state index is 0.330. The van der Waals surface area contributed by atoms with Crippen LogP contribution >= 0.6 is 11.5 Å². The summed E-state index contributed by atoms with van der Waals surface area (Å²) in [6.45, 7) is 9.23. The Balaban J connectivity index is 2.47. The van der Waals surface area contributed by atoms with Crippen LogP contribution in [0.15, 0.2) is 0 Å². The van der Waals surface area contributed by atoms with Crippen molar-refractivity contribution in [3.05, 3.63) is 10.6 Å².